The Morgan fingerprint density at radius 3 is 2.62 bits per heavy atom. The van der Waals surface area contributed by atoms with Crippen LogP contribution in [0.1, 0.15) is 55.0 Å². The van der Waals surface area contributed by atoms with E-state index in [0.717, 1.165) is 35.1 Å². The maximum atomic E-state index is 12.5. The maximum absolute atomic E-state index is 12.5. The van der Waals surface area contributed by atoms with Crippen LogP contribution in [0.3, 0.4) is 0 Å². The second-order valence-electron chi connectivity index (χ2n) is 7.47. The van der Waals surface area contributed by atoms with Crippen LogP contribution in [0.15, 0.2) is 48.5 Å². The fraction of sp³-hybridized carbons (Fsp3) is 0.348. The summed E-state index contributed by atoms with van der Waals surface area (Å²) in [4.78, 5) is 28.4. The first-order chi connectivity index (χ1) is 14.0. The summed E-state index contributed by atoms with van der Waals surface area (Å²) in [7, 11) is 0. The molecule has 0 saturated carbocycles. The van der Waals surface area contributed by atoms with Crippen molar-refractivity contribution in [1.82, 2.24) is 14.9 Å². The number of amides is 1. The van der Waals surface area contributed by atoms with Crippen molar-refractivity contribution in [1.29, 1.82) is 0 Å². The number of nitrogens with zero attached hydrogens (tertiary/aromatic N) is 2. The molecule has 3 rings (SSSR count). The second-order valence-corrected chi connectivity index (χ2v) is 7.47. The summed E-state index contributed by atoms with van der Waals surface area (Å²) < 4.78 is 7.46. The number of fused-ring (bicyclic) bond motifs is 1. The lowest BCUT2D eigenvalue weighted by atomic mass is 10.0. The van der Waals surface area contributed by atoms with Crippen molar-refractivity contribution in [2.75, 3.05) is 0 Å². The first kappa shape index (κ1) is 20.6. The SMILES string of the molecule is CCn1c([C@@H](CC(C)C)NC(=O)OCc2ccccc2)nc2ccc(C=O)cc21. The van der Waals surface area contributed by atoms with Crippen LogP contribution >= 0.6 is 0 Å². The van der Waals surface area contributed by atoms with Gasteiger partial charge in [0.15, 0.2) is 0 Å². The third-order valence-corrected chi connectivity index (χ3v) is 4.78. The molecule has 152 valence electrons. The van der Waals surface area contributed by atoms with E-state index < -0.39 is 6.09 Å². The van der Waals surface area contributed by atoms with E-state index in [2.05, 4.69) is 19.2 Å². The number of rotatable bonds is 8. The van der Waals surface area contributed by atoms with Crippen LogP contribution in [0.5, 0.6) is 0 Å². The number of hydrogen-bond donors (Lipinski definition) is 1. The summed E-state index contributed by atoms with van der Waals surface area (Å²) in [6, 6.07) is 14.7. The molecule has 0 aliphatic heterocycles. The lowest BCUT2D eigenvalue weighted by Gasteiger charge is -2.21. The summed E-state index contributed by atoms with van der Waals surface area (Å²) in [5.74, 6) is 1.13. The standard InChI is InChI=1S/C23H27N3O3/c1-4-26-21-13-18(14-27)10-11-19(21)24-22(26)20(12-16(2)3)25-23(28)29-15-17-8-6-5-7-9-17/h5-11,13-14,16,20H,4,12,15H2,1-3H3,(H,25,28)/t20-/m1/s1. The molecule has 1 N–H and O–H groups in total. The van der Waals surface area contributed by atoms with Gasteiger partial charge < -0.3 is 14.6 Å². The van der Waals surface area contributed by atoms with E-state index in [4.69, 9.17) is 9.72 Å². The van der Waals surface area contributed by atoms with Gasteiger partial charge >= 0.3 is 6.09 Å². The molecule has 0 aliphatic rings. The van der Waals surface area contributed by atoms with Gasteiger partial charge in [0.2, 0.25) is 0 Å². The number of hydrogen-bond acceptors (Lipinski definition) is 4. The fourth-order valence-electron chi connectivity index (χ4n) is 3.44. The number of aryl methyl sites for hydroxylation is 1. The number of carbonyl (C=O) groups is 2. The van der Waals surface area contributed by atoms with Crippen molar-refractivity contribution in [3.05, 3.63) is 65.5 Å². The Morgan fingerprint density at radius 1 is 1.21 bits per heavy atom. The van der Waals surface area contributed by atoms with Crippen molar-refractivity contribution >= 4 is 23.4 Å². The zero-order valence-electron chi connectivity index (χ0n) is 17.1. The minimum atomic E-state index is -0.470. The van der Waals surface area contributed by atoms with Crippen LogP contribution in [0.4, 0.5) is 4.79 Å². The Morgan fingerprint density at radius 2 is 1.97 bits per heavy atom. The molecule has 2 aromatic carbocycles. The van der Waals surface area contributed by atoms with Crippen LogP contribution < -0.4 is 5.32 Å². The Kier molecular flexibility index (Phi) is 6.65. The van der Waals surface area contributed by atoms with E-state index in [9.17, 15) is 9.59 Å². The highest BCUT2D eigenvalue weighted by Crippen LogP contribution is 2.26. The average molecular weight is 393 g/mol. The summed E-state index contributed by atoms with van der Waals surface area (Å²) in [6.45, 7) is 7.14. The quantitative estimate of drug-likeness (QED) is 0.554. The number of alkyl carbamates (subject to hydrolysis) is 1. The van der Waals surface area contributed by atoms with Crippen molar-refractivity contribution in [3.8, 4) is 0 Å². The number of imidazole rings is 1. The highest BCUT2D eigenvalue weighted by Gasteiger charge is 2.23. The van der Waals surface area contributed by atoms with Crippen LogP contribution in [0.2, 0.25) is 0 Å². The number of aldehydes is 1. The van der Waals surface area contributed by atoms with Gasteiger partial charge in [0.1, 0.15) is 18.7 Å². The van der Waals surface area contributed by atoms with Gasteiger partial charge in [0.25, 0.3) is 0 Å². The molecule has 0 aliphatic carbocycles. The Bertz CT molecular complexity index is 980. The van der Waals surface area contributed by atoms with E-state index in [1.807, 2.05) is 54.0 Å². The van der Waals surface area contributed by atoms with E-state index in [1.54, 1.807) is 6.07 Å². The molecule has 6 heteroatoms. The van der Waals surface area contributed by atoms with Gasteiger partial charge in [-0.3, -0.25) is 4.79 Å². The summed E-state index contributed by atoms with van der Waals surface area (Å²) >= 11 is 0. The first-order valence-electron chi connectivity index (χ1n) is 9.94. The maximum Gasteiger partial charge on any atom is 0.408 e. The molecule has 0 saturated heterocycles. The van der Waals surface area contributed by atoms with Crippen LogP contribution in [0.25, 0.3) is 11.0 Å². The van der Waals surface area contributed by atoms with Gasteiger partial charge in [-0.15, -0.1) is 0 Å². The molecule has 1 aromatic heterocycles. The fourth-order valence-corrected chi connectivity index (χ4v) is 3.44. The second kappa shape index (κ2) is 9.37. The third-order valence-electron chi connectivity index (χ3n) is 4.78. The van der Waals surface area contributed by atoms with Gasteiger partial charge in [0.05, 0.1) is 17.1 Å². The normalized spacial score (nSPS) is 12.1. The number of carbonyl (C=O) groups excluding carboxylic acids is 2. The van der Waals surface area contributed by atoms with E-state index >= 15 is 0 Å². The molecule has 1 amide bonds. The largest absolute Gasteiger partial charge is 0.445 e. The zero-order valence-corrected chi connectivity index (χ0v) is 17.1. The third kappa shape index (κ3) is 5.02. The number of nitrogens with one attached hydrogen (secondary N) is 1. The summed E-state index contributed by atoms with van der Waals surface area (Å²) in [5, 5.41) is 2.99. The molecule has 1 atom stereocenters. The van der Waals surface area contributed by atoms with E-state index in [0.29, 0.717) is 18.0 Å². The van der Waals surface area contributed by atoms with Crippen molar-refractivity contribution in [2.24, 2.45) is 5.92 Å². The van der Waals surface area contributed by atoms with Gasteiger partial charge in [-0.1, -0.05) is 44.2 Å². The van der Waals surface area contributed by atoms with E-state index in [1.165, 1.54) is 0 Å². The first-order valence-corrected chi connectivity index (χ1v) is 9.94. The van der Waals surface area contributed by atoms with Gasteiger partial charge in [-0.05, 0) is 43.0 Å². The van der Waals surface area contributed by atoms with E-state index in [-0.39, 0.29) is 12.6 Å². The molecular weight excluding hydrogens is 366 g/mol. The van der Waals surface area contributed by atoms with Crippen molar-refractivity contribution < 1.29 is 14.3 Å². The predicted octanol–water partition coefficient (Wildman–Crippen LogP) is 4.88. The molecule has 6 nitrogen and oxygen atoms in total. The van der Waals surface area contributed by atoms with Crippen molar-refractivity contribution in [2.45, 2.75) is 46.4 Å². The van der Waals surface area contributed by atoms with Gasteiger partial charge in [-0.25, -0.2) is 9.78 Å². The topological polar surface area (TPSA) is 73.2 Å². The molecular formula is C23H27N3O3. The van der Waals surface area contributed by atoms with Gasteiger partial charge in [0, 0.05) is 12.1 Å². The Hall–Kier alpha value is -3.15. The highest BCUT2D eigenvalue weighted by atomic mass is 16.5. The molecule has 0 spiro atoms. The molecule has 29 heavy (non-hydrogen) atoms. The van der Waals surface area contributed by atoms with Crippen LogP contribution in [0, 0.1) is 5.92 Å². The number of ether oxygens (including phenoxy) is 1. The van der Waals surface area contributed by atoms with Crippen LogP contribution in [-0.4, -0.2) is 21.9 Å². The zero-order chi connectivity index (χ0) is 20.8. The number of benzene rings is 2. The van der Waals surface area contributed by atoms with Crippen molar-refractivity contribution in [3.63, 3.8) is 0 Å². The molecule has 1 heterocycles. The van der Waals surface area contributed by atoms with Crippen LogP contribution in [-0.2, 0) is 17.9 Å². The molecule has 0 unspecified atom stereocenters. The molecule has 0 fully saturated rings. The minimum absolute atomic E-state index is 0.216. The average Bonchev–Trinajstić information content (AvgIpc) is 3.09. The molecule has 0 bridgehead atoms. The minimum Gasteiger partial charge on any atom is -0.445 e. The lowest BCUT2D eigenvalue weighted by molar-refractivity contribution is 0.112. The lowest BCUT2D eigenvalue weighted by Crippen LogP contribution is -2.32. The molecule has 0 radical (unpaired) electrons. The summed E-state index contributed by atoms with van der Waals surface area (Å²) in [6.07, 6.45) is 1.09. The predicted molar refractivity (Wildman–Crippen MR) is 113 cm³/mol. The highest BCUT2D eigenvalue weighted by molar-refractivity contribution is 5.85. The summed E-state index contributed by atoms with van der Waals surface area (Å²) in [5.41, 5.74) is 3.24. The monoisotopic (exact) mass is 393 g/mol. The molecule has 3 aromatic rings. The smallest absolute Gasteiger partial charge is 0.408 e. The van der Waals surface area contributed by atoms with Gasteiger partial charge in [-0.2, -0.15) is 0 Å². The Balaban J connectivity index is 1.84. The number of aromatic nitrogens is 2. The Labute approximate surface area is 170 Å².